The van der Waals surface area contributed by atoms with Gasteiger partial charge in [0.15, 0.2) is 0 Å². The van der Waals surface area contributed by atoms with Gasteiger partial charge in [-0.3, -0.25) is 0 Å². The van der Waals surface area contributed by atoms with E-state index in [9.17, 15) is 0 Å². The minimum Gasteiger partial charge on any atom is -0.363 e. The van der Waals surface area contributed by atoms with Crippen LogP contribution in [0.5, 0.6) is 0 Å². The van der Waals surface area contributed by atoms with Crippen LogP contribution in [0, 0.1) is 0 Å². The molecule has 0 saturated carbocycles. The number of anilines is 1. The fourth-order valence-corrected chi connectivity index (χ4v) is 2.42. The molecule has 0 aliphatic carbocycles. The molecule has 0 amide bonds. The van der Waals surface area contributed by atoms with Crippen LogP contribution in [0.2, 0.25) is 0 Å². The van der Waals surface area contributed by atoms with Crippen LogP contribution >= 0.6 is 0 Å². The van der Waals surface area contributed by atoms with E-state index in [-0.39, 0.29) is 6.04 Å². The summed E-state index contributed by atoms with van der Waals surface area (Å²) in [5, 5.41) is 4.59. The Morgan fingerprint density at radius 1 is 0.952 bits per heavy atom. The van der Waals surface area contributed by atoms with Crippen molar-refractivity contribution in [3.05, 3.63) is 66.0 Å². The Labute approximate surface area is 125 Å². The molecule has 0 saturated heterocycles. The van der Waals surface area contributed by atoms with E-state index >= 15 is 0 Å². The SMILES string of the molecule is CCc1nc(NC(C)c2ccccc2)c2ccccc2n1. The summed E-state index contributed by atoms with van der Waals surface area (Å²) in [6, 6.07) is 18.7. The summed E-state index contributed by atoms with van der Waals surface area (Å²) >= 11 is 0. The number of hydrogen-bond acceptors (Lipinski definition) is 3. The van der Waals surface area contributed by atoms with Crippen LogP contribution < -0.4 is 5.32 Å². The summed E-state index contributed by atoms with van der Waals surface area (Å²) in [4.78, 5) is 9.25. The molecule has 0 spiro atoms. The van der Waals surface area contributed by atoms with E-state index in [4.69, 9.17) is 0 Å². The highest BCUT2D eigenvalue weighted by Gasteiger charge is 2.10. The Balaban J connectivity index is 1.99. The summed E-state index contributed by atoms with van der Waals surface area (Å²) in [6.07, 6.45) is 0.833. The fraction of sp³-hybridized carbons (Fsp3) is 0.222. The van der Waals surface area contributed by atoms with Crippen LogP contribution in [0.1, 0.15) is 31.3 Å². The first-order chi connectivity index (χ1) is 10.3. The molecular weight excluding hydrogens is 258 g/mol. The number of aryl methyl sites for hydroxylation is 1. The van der Waals surface area contributed by atoms with Crippen LogP contribution in [-0.2, 0) is 6.42 Å². The van der Waals surface area contributed by atoms with Gasteiger partial charge < -0.3 is 5.32 Å². The van der Waals surface area contributed by atoms with Gasteiger partial charge >= 0.3 is 0 Å². The molecule has 0 fully saturated rings. The molecule has 1 atom stereocenters. The topological polar surface area (TPSA) is 37.8 Å². The first-order valence-electron chi connectivity index (χ1n) is 7.35. The van der Waals surface area contributed by atoms with E-state index in [0.29, 0.717) is 0 Å². The Bertz CT molecular complexity index is 738. The van der Waals surface area contributed by atoms with Crippen molar-refractivity contribution < 1.29 is 0 Å². The molecule has 3 aromatic rings. The van der Waals surface area contributed by atoms with Crippen LogP contribution in [0.15, 0.2) is 54.6 Å². The minimum atomic E-state index is 0.203. The summed E-state index contributed by atoms with van der Waals surface area (Å²) in [6.45, 7) is 4.23. The second kappa shape index (κ2) is 5.92. The van der Waals surface area contributed by atoms with Gasteiger partial charge in [0.25, 0.3) is 0 Å². The maximum Gasteiger partial charge on any atom is 0.138 e. The monoisotopic (exact) mass is 277 g/mol. The van der Waals surface area contributed by atoms with Crippen LogP contribution in [-0.4, -0.2) is 9.97 Å². The van der Waals surface area contributed by atoms with Crippen molar-refractivity contribution in [2.75, 3.05) is 5.32 Å². The number of nitrogens with zero attached hydrogens (tertiary/aromatic N) is 2. The largest absolute Gasteiger partial charge is 0.363 e. The third kappa shape index (κ3) is 2.87. The molecule has 3 heteroatoms. The Morgan fingerprint density at radius 2 is 1.67 bits per heavy atom. The Morgan fingerprint density at radius 3 is 2.43 bits per heavy atom. The van der Waals surface area contributed by atoms with Crippen molar-refractivity contribution in [3.8, 4) is 0 Å². The highest BCUT2D eigenvalue weighted by atomic mass is 15.0. The van der Waals surface area contributed by atoms with Gasteiger partial charge in [-0.2, -0.15) is 0 Å². The maximum atomic E-state index is 4.66. The highest BCUT2D eigenvalue weighted by molar-refractivity contribution is 5.89. The number of fused-ring (bicyclic) bond motifs is 1. The number of aromatic nitrogens is 2. The number of benzene rings is 2. The molecule has 21 heavy (non-hydrogen) atoms. The molecule has 0 aliphatic rings. The molecule has 0 radical (unpaired) electrons. The molecule has 106 valence electrons. The lowest BCUT2D eigenvalue weighted by molar-refractivity contribution is 0.864. The van der Waals surface area contributed by atoms with E-state index in [1.54, 1.807) is 0 Å². The minimum absolute atomic E-state index is 0.203. The van der Waals surface area contributed by atoms with E-state index in [1.807, 2.05) is 24.3 Å². The van der Waals surface area contributed by atoms with E-state index in [2.05, 4.69) is 59.5 Å². The van der Waals surface area contributed by atoms with Crippen LogP contribution in [0.4, 0.5) is 5.82 Å². The van der Waals surface area contributed by atoms with Gasteiger partial charge in [0.1, 0.15) is 11.6 Å². The normalized spacial score (nSPS) is 12.3. The van der Waals surface area contributed by atoms with Crippen molar-refractivity contribution in [3.63, 3.8) is 0 Å². The molecule has 1 aromatic heterocycles. The van der Waals surface area contributed by atoms with Gasteiger partial charge in [-0.05, 0) is 24.6 Å². The van der Waals surface area contributed by atoms with Gasteiger partial charge in [0, 0.05) is 17.8 Å². The number of nitrogens with one attached hydrogen (secondary N) is 1. The molecule has 0 aliphatic heterocycles. The zero-order valence-electron chi connectivity index (χ0n) is 12.4. The number of rotatable bonds is 4. The smallest absolute Gasteiger partial charge is 0.138 e. The molecule has 2 aromatic carbocycles. The van der Waals surface area contributed by atoms with Crippen molar-refractivity contribution >= 4 is 16.7 Å². The summed E-state index contributed by atoms with van der Waals surface area (Å²) in [5.74, 6) is 1.78. The molecule has 0 bridgehead atoms. The van der Waals surface area contributed by atoms with Crippen molar-refractivity contribution in [1.29, 1.82) is 0 Å². The van der Waals surface area contributed by atoms with Gasteiger partial charge in [0.05, 0.1) is 5.52 Å². The summed E-state index contributed by atoms with van der Waals surface area (Å²) in [5.41, 5.74) is 2.24. The molecule has 3 rings (SSSR count). The van der Waals surface area contributed by atoms with Gasteiger partial charge in [-0.15, -0.1) is 0 Å². The number of hydrogen-bond donors (Lipinski definition) is 1. The lowest BCUT2D eigenvalue weighted by atomic mass is 10.1. The zero-order chi connectivity index (χ0) is 14.7. The van der Waals surface area contributed by atoms with Crippen LogP contribution in [0.3, 0.4) is 0 Å². The molecule has 1 N–H and O–H groups in total. The molecule has 1 heterocycles. The van der Waals surface area contributed by atoms with E-state index in [1.165, 1.54) is 5.56 Å². The highest BCUT2D eigenvalue weighted by Crippen LogP contribution is 2.24. The summed E-state index contributed by atoms with van der Waals surface area (Å²) in [7, 11) is 0. The van der Waals surface area contributed by atoms with Gasteiger partial charge in [-0.1, -0.05) is 49.4 Å². The van der Waals surface area contributed by atoms with Gasteiger partial charge in [-0.25, -0.2) is 9.97 Å². The quantitative estimate of drug-likeness (QED) is 0.769. The fourth-order valence-electron chi connectivity index (χ4n) is 2.42. The van der Waals surface area contributed by atoms with Crippen molar-refractivity contribution in [1.82, 2.24) is 9.97 Å². The third-order valence-corrected chi connectivity index (χ3v) is 3.62. The Kier molecular flexibility index (Phi) is 3.82. The first kappa shape index (κ1) is 13.6. The predicted molar refractivity (Wildman–Crippen MR) is 87.4 cm³/mol. The zero-order valence-corrected chi connectivity index (χ0v) is 12.4. The van der Waals surface area contributed by atoms with E-state index in [0.717, 1.165) is 29.0 Å². The van der Waals surface area contributed by atoms with Crippen molar-refractivity contribution in [2.45, 2.75) is 26.3 Å². The van der Waals surface area contributed by atoms with Crippen LogP contribution in [0.25, 0.3) is 10.9 Å². The predicted octanol–water partition coefficient (Wildman–Crippen LogP) is 4.37. The third-order valence-electron chi connectivity index (χ3n) is 3.62. The molecule has 1 unspecified atom stereocenters. The first-order valence-corrected chi connectivity index (χ1v) is 7.35. The standard InChI is InChI=1S/C18H19N3/c1-3-17-20-16-12-8-7-11-15(16)18(21-17)19-13(2)14-9-5-4-6-10-14/h4-13H,3H2,1-2H3,(H,19,20,21). The molecular formula is C18H19N3. The second-order valence-electron chi connectivity index (χ2n) is 5.14. The van der Waals surface area contributed by atoms with Gasteiger partial charge in [0.2, 0.25) is 0 Å². The van der Waals surface area contributed by atoms with Crippen molar-refractivity contribution in [2.24, 2.45) is 0 Å². The van der Waals surface area contributed by atoms with E-state index < -0.39 is 0 Å². The lowest BCUT2D eigenvalue weighted by Crippen LogP contribution is -2.10. The second-order valence-corrected chi connectivity index (χ2v) is 5.14. The average molecular weight is 277 g/mol. The number of para-hydroxylation sites is 1. The summed E-state index contributed by atoms with van der Waals surface area (Å²) < 4.78 is 0. The lowest BCUT2D eigenvalue weighted by Gasteiger charge is -2.17. The molecule has 3 nitrogen and oxygen atoms in total. The Hall–Kier alpha value is -2.42. The maximum absolute atomic E-state index is 4.66. The average Bonchev–Trinajstić information content (AvgIpc) is 2.55.